The molecule has 0 radical (unpaired) electrons. The molecule has 25 heavy (non-hydrogen) atoms. The van der Waals surface area contributed by atoms with E-state index in [1.165, 1.54) is 22.7 Å². The lowest BCUT2D eigenvalue weighted by atomic mass is 9.98. The summed E-state index contributed by atoms with van der Waals surface area (Å²) in [5, 5.41) is 4.70. The summed E-state index contributed by atoms with van der Waals surface area (Å²) in [5.74, 6) is -2.21. The van der Waals surface area contributed by atoms with E-state index in [2.05, 4.69) is 10.6 Å². The zero-order valence-corrected chi connectivity index (χ0v) is 15.2. The van der Waals surface area contributed by atoms with Gasteiger partial charge in [0.05, 0.1) is 11.3 Å². The molecule has 1 fully saturated rings. The SMILES string of the molecule is CS(=O)(=O)N1CCC(CNC(=O)C(=O)Nc2ccc(F)c(Cl)c2)CC1. The van der Waals surface area contributed by atoms with E-state index in [0.717, 1.165) is 6.07 Å². The van der Waals surface area contributed by atoms with E-state index in [-0.39, 0.29) is 23.2 Å². The minimum atomic E-state index is -3.19. The van der Waals surface area contributed by atoms with Gasteiger partial charge in [0.1, 0.15) is 5.82 Å². The van der Waals surface area contributed by atoms with Gasteiger partial charge in [-0.2, -0.15) is 0 Å². The van der Waals surface area contributed by atoms with Gasteiger partial charge in [0.25, 0.3) is 0 Å². The fourth-order valence-electron chi connectivity index (χ4n) is 2.52. The average molecular weight is 392 g/mol. The minimum absolute atomic E-state index is 0.106. The second-order valence-corrected chi connectivity index (χ2v) is 8.29. The summed E-state index contributed by atoms with van der Waals surface area (Å²) in [4.78, 5) is 23.6. The van der Waals surface area contributed by atoms with Gasteiger partial charge in [0.15, 0.2) is 0 Å². The first-order chi connectivity index (χ1) is 11.7. The molecule has 0 bridgehead atoms. The van der Waals surface area contributed by atoms with Crippen LogP contribution < -0.4 is 10.6 Å². The highest BCUT2D eigenvalue weighted by atomic mass is 35.5. The molecule has 1 aliphatic rings. The molecule has 2 rings (SSSR count). The van der Waals surface area contributed by atoms with Crippen molar-refractivity contribution in [3.05, 3.63) is 29.0 Å². The summed E-state index contributed by atoms with van der Waals surface area (Å²) in [6.07, 6.45) is 2.40. The van der Waals surface area contributed by atoms with Gasteiger partial charge >= 0.3 is 11.8 Å². The molecule has 7 nitrogen and oxygen atoms in total. The second kappa shape index (κ2) is 8.11. The van der Waals surface area contributed by atoms with Gasteiger partial charge in [-0.25, -0.2) is 17.1 Å². The molecular formula is C15H19ClFN3O4S. The van der Waals surface area contributed by atoms with Crippen molar-refractivity contribution in [3.63, 3.8) is 0 Å². The Morgan fingerprint density at radius 3 is 2.48 bits per heavy atom. The third-order valence-corrected chi connectivity index (χ3v) is 5.57. The van der Waals surface area contributed by atoms with Gasteiger partial charge in [-0.05, 0) is 37.0 Å². The van der Waals surface area contributed by atoms with E-state index >= 15 is 0 Å². The van der Waals surface area contributed by atoms with E-state index in [1.807, 2.05) is 0 Å². The Bertz CT molecular complexity index is 764. The van der Waals surface area contributed by atoms with Crippen molar-refractivity contribution in [2.24, 2.45) is 5.92 Å². The summed E-state index contributed by atoms with van der Waals surface area (Å²) in [6, 6.07) is 3.60. The summed E-state index contributed by atoms with van der Waals surface area (Å²) >= 11 is 5.61. The number of amides is 2. The van der Waals surface area contributed by atoms with Gasteiger partial charge < -0.3 is 10.6 Å². The first-order valence-electron chi connectivity index (χ1n) is 7.66. The fourth-order valence-corrected chi connectivity index (χ4v) is 3.58. The van der Waals surface area contributed by atoms with E-state index in [4.69, 9.17) is 11.6 Å². The predicted molar refractivity (Wildman–Crippen MR) is 92.2 cm³/mol. The highest BCUT2D eigenvalue weighted by molar-refractivity contribution is 7.88. The van der Waals surface area contributed by atoms with Crippen LogP contribution in [0.5, 0.6) is 0 Å². The quantitative estimate of drug-likeness (QED) is 0.754. The zero-order chi connectivity index (χ0) is 18.6. The number of benzene rings is 1. The number of carbonyl (C=O) groups is 2. The van der Waals surface area contributed by atoms with Gasteiger partial charge in [-0.15, -0.1) is 0 Å². The van der Waals surface area contributed by atoms with Crippen LogP contribution in [0.2, 0.25) is 5.02 Å². The molecule has 2 amide bonds. The number of sulfonamides is 1. The monoisotopic (exact) mass is 391 g/mol. The normalized spacial score (nSPS) is 16.4. The molecule has 1 heterocycles. The molecule has 138 valence electrons. The number of nitrogens with one attached hydrogen (secondary N) is 2. The molecule has 2 N–H and O–H groups in total. The van der Waals surface area contributed by atoms with Crippen LogP contribution in [0, 0.1) is 11.7 Å². The number of hydrogen-bond donors (Lipinski definition) is 2. The van der Waals surface area contributed by atoms with Crippen molar-refractivity contribution >= 4 is 39.1 Å². The number of hydrogen-bond acceptors (Lipinski definition) is 4. The maximum absolute atomic E-state index is 13.1. The Morgan fingerprint density at radius 2 is 1.92 bits per heavy atom. The van der Waals surface area contributed by atoms with E-state index in [0.29, 0.717) is 25.9 Å². The van der Waals surface area contributed by atoms with Crippen molar-refractivity contribution in [1.82, 2.24) is 9.62 Å². The first kappa shape index (κ1) is 19.6. The van der Waals surface area contributed by atoms with Crippen molar-refractivity contribution < 1.29 is 22.4 Å². The Balaban J connectivity index is 1.78. The van der Waals surface area contributed by atoms with Crippen molar-refractivity contribution in [1.29, 1.82) is 0 Å². The van der Waals surface area contributed by atoms with E-state index < -0.39 is 27.7 Å². The van der Waals surface area contributed by atoms with Gasteiger partial charge in [-0.3, -0.25) is 9.59 Å². The first-order valence-corrected chi connectivity index (χ1v) is 9.89. The van der Waals surface area contributed by atoms with E-state index in [9.17, 15) is 22.4 Å². The predicted octanol–water partition coefficient (Wildman–Crippen LogP) is 1.21. The largest absolute Gasteiger partial charge is 0.348 e. The highest BCUT2D eigenvalue weighted by Crippen LogP contribution is 2.20. The molecule has 1 saturated heterocycles. The molecular weight excluding hydrogens is 373 g/mol. The Hall–Kier alpha value is -1.71. The molecule has 10 heteroatoms. The second-order valence-electron chi connectivity index (χ2n) is 5.90. The standard InChI is InChI=1S/C15H19ClFN3O4S/c1-25(23,24)20-6-4-10(5-7-20)9-18-14(21)15(22)19-11-2-3-13(17)12(16)8-11/h2-3,8,10H,4-7,9H2,1H3,(H,18,21)(H,19,22). The van der Waals surface area contributed by atoms with Crippen LogP contribution in [0.25, 0.3) is 0 Å². The number of halogens is 2. The lowest BCUT2D eigenvalue weighted by molar-refractivity contribution is -0.136. The van der Waals surface area contributed by atoms with Crippen molar-refractivity contribution in [2.75, 3.05) is 31.2 Å². The number of piperidine rings is 1. The number of rotatable bonds is 4. The molecule has 0 aliphatic carbocycles. The maximum Gasteiger partial charge on any atom is 0.313 e. The van der Waals surface area contributed by atoms with Crippen LogP contribution in [0.3, 0.4) is 0 Å². The van der Waals surface area contributed by atoms with Crippen LogP contribution in [0.1, 0.15) is 12.8 Å². The Labute approximate surface area is 150 Å². The third-order valence-electron chi connectivity index (χ3n) is 3.98. The lowest BCUT2D eigenvalue weighted by Gasteiger charge is -2.30. The maximum atomic E-state index is 13.1. The molecule has 1 aromatic carbocycles. The molecule has 0 unspecified atom stereocenters. The van der Waals surface area contributed by atoms with Crippen LogP contribution >= 0.6 is 11.6 Å². The molecule has 1 aliphatic heterocycles. The Kier molecular flexibility index (Phi) is 6.36. The molecule has 0 aromatic heterocycles. The number of carbonyl (C=O) groups excluding carboxylic acids is 2. The lowest BCUT2D eigenvalue weighted by Crippen LogP contribution is -2.43. The topological polar surface area (TPSA) is 95.6 Å². The molecule has 0 saturated carbocycles. The minimum Gasteiger partial charge on any atom is -0.348 e. The van der Waals surface area contributed by atoms with Crippen LogP contribution in [0.4, 0.5) is 10.1 Å². The summed E-state index contributed by atoms with van der Waals surface area (Å²) < 4.78 is 37.3. The van der Waals surface area contributed by atoms with Gasteiger partial charge in [-0.1, -0.05) is 11.6 Å². The fraction of sp³-hybridized carbons (Fsp3) is 0.467. The van der Waals surface area contributed by atoms with Crippen LogP contribution in [0.15, 0.2) is 18.2 Å². The Morgan fingerprint density at radius 1 is 1.28 bits per heavy atom. The molecule has 1 aromatic rings. The number of nitrogens with zero attached hydrogens (tertiary/aromatic N) is 1. The number of anilines is 1. The molecule has 0 atom stereocenters. The highest BCUT2D eigenvalue weighted by Gasteiger charge is 2.25. The zero-order valence-electron chi connectivity index (χ0n) is 13.6. The van der Waals surface area contributed by atoms with E-state index in [1.54, 1.807) is 0 Å². The smallest absolute Gasteiger partial charge is 0.313 e. The van der Waals surface area contributed by atoms with Crippen LogP contribution in [-0.2, 0) is 19.6 Å². The van der Waals surface area contributed by atoms with Gasteiger partial charge in [0.2, 0.25) is 10.0 Å². The summed E-state index contributed by atoms with van der Waals surface area (Å²) in [6.45, 7) is 1.09. The third kappa shape index (κ3) is 5.65. The van der Waals surface area contributed by atoms with Crippen LogP contribution in [-0.4, -0.2) is 50.4 Å². The van der Waals surface area contributed by atoms with Crippen molar-refractivity contribution in [2.45, 2.75) is 12.8 Å². The summed E-state index contributed by atoms with van der Waals surface area (Å²) in [5.41, 5.74) is 0.216. The average Bonchev–Trinajstić information content (AvgIpc) is 2.55. The van der Waals surface area contributed by atoms with Gasteiger partial charge in [0, 0.05) is 25.3 Å². The molecule has 0 spiro atoms. The van der Waals surface area contributed by atoms with Crippen molar-refractivity contribution in [3.8, 4) is 0 Å². The summed E-state index contributed by atoms with van der Waals surface area (Å²) in [7, 11) is -3.19.